The van der Waals surface area contributed by atoms with E-state index in [9.17, 15) is 0 Å². The summed E-state index contributed by atoms with van der Waals surface area (Å²) in [6.07, 6.45) is 0. The third kappa shape index (κ3) is 6500. The van der Waals surface area contributed by atoms with Crippen LogP contribution in [0.2, 0.25) is 0 Å². The monoisotopic (exact) mass is 250 g/mol. The van der Waals surface area contributed by atoms with Gasteiger partial charge in [0.2, 0.25) is 0 Å². The first kappa shape index (κ1) is 48.5. The molecule has 0 saturated heterocycles. The molecular weight excluding hydrogens is 250 g/mol. The molecule has 52 valence electrons. The van der Waals surface area contributed by atoms with Crippen LogP contribution in [0.1, 0.15) is 1.43 Å². The Balaban J connectivity index is -0.00000000356. The molecule has 0 bridgehead atoms. The van der Waals surface area contributed by atoms with Crippen LogP contribution in [0.15, 0.2) is 0 Å². The molecule has 0 heterocycles. The van der Waals surface area contributed by atoms with E-state index in [1.165, 1.54) is 0 Å². The molecule has 0 fully saturated rings. The van der Waals surface area contributed by atoms with E-state index in [2.05, 4.69) is 0 Å². The van der Waals surface area contributed by atoms with Gasteiger partial charge in [0.1, 0.15) is 0 Å². The zero-order valence-electron chi connectivity index (χ0n) is 6.11. The second-order valence-electron chi connectivity index (χ2n) is 0. The summed E-state index contributed by atoms with van der Waals surface area (Å²) in [6, 6.07) is 0. The molecule has 10 heavy (non-hydrogen) atoms. The van der Waals surface area contributed by atoms with Gasteiger partial charge in [0, 0.05) is 20.4 Å². The van der Waals surface area contributed by atoms with E-state index < -0.39 is 0 Å². The van der Waals surface area contributed by atoms with Gasteiger partial charge in [-0.25, -0.2) is 0 Å². The van der Waals surface area contributed by atoms with Crippen molar-refractivity contribution in [1.29, 1.82) is 21.0 Å². The molecule has 0 aromatic rings. The first-order valence-electron chi connectivity index (χ1n) is 0.894. The standard InChI is InChI=1S/4CN.K.Pd.H/c4*1-2;;;/q4*-1;+1;;-1. The molecule has 0 N–H and O–H groups in total. The Morgan fingerprint density at radius 1 is 0.600 bits per heavy atom. The first-order chi connectivity index (χ1) is 4.00. The van der Waals surface area contributed by atoms with Gasteiger partial charge in [0.05, 0.1) is 0 Å². The Bertz CT molecular complexity index is 65.1. The van der Waals surface area contributed by atoms with E-state index in [0.29, 0.717) is 0 Å². The van der Waals surface area contributed by atoms with Crippen LogP contribution in [0, 0.1) is 47.3 Å². The molecule has 0 radical (unpaired) electrons. The quantitative estimate of drug-likeness (QED) is 0.351. The van der Waals surface area contributed by atoms with Crippen molar-refractivity contribution in [3.05, 3.63) is 26.3 Å². The number of nitrogens with zero attached hydrogens (tertiary/aromatic N) is 4. The van der Waals surface area contributed by atoms with Gasteiger partial charge in [-0.1, -0.05) is 0 Å². The van der Waals surface area contributed by atoms with Crippen LogP contribution >= 0.6 is 0 Å². The summed E-state index contributed by atoms with van der Waals surface area (Å²) in [4.78, 5) is 0. The summed E-state index contributed by atoms with van der Waals surface area (Å²) in [5, 5.41) is 25.0. The molecule has 0 saturated carbocycles. The van der Waals surface area contributed by atoms with Crippen molar-refractivity contribution in [3.63, 3.8) is 0 Å². The number of hydrogen-bond acceptors (Lipinski definition) is 4. The largest absolute Gasteiger partial charge is 1.00 e. The van der Waals surface area contributed by atoms with Crippen LogP contribution in [0.4, 0.5) is 0 Å². The molecule has 0 amide bonds. The van der Waals surface area contributed by atoms with E-state index in [-0.39, 0.29) is 73.2 Å². The molecule has 0 atom stereocenters. The van der Waals surface area contributed by atoms with Crippen molar-refractivity contribution < 1.29 is 73.2 Å². The summed E-state index contributed by atoms with van der Waals surface area (Å²) in [7, 11) is 0. The van der Waals surface area contributed by atoms with Crippen molar-refractivity contribution in [3.8, 4) is 0 Å². The normalized spacial score (nSPS) is 0.800. The Labute approximate surface area is 119 Å². The van der Waals surface area contributed by atoms with Crippen molar-refractivity contribution in [2.24, 2.45) is 0 Å². The van der Waals surface area contributed by atoms with Gasteiger partial charge in [-0.05, 0) is 0 Å². The van der Waals surface area contributed by atoms with Crippen LogP contribution < -0.4 is 51.4 Å². The smallest absolute Gasteiger partial charge is 1.00 e. The van der Waals surface area contributed by atoms with Gasteiger partial charge in [-0.15, -0.1) is 0 Å². The van der Waals surface area contributed by atoms with Gasteiger partial charge in [0.15, 0.2) is 0 Å². The summed E-state index contributed by atoms with van der Waals surface area (Å²) in [5.41, 5.74) is 0. The second-order valence-corrected chi connectivity index (χ2v) is 0. The molecule has 0 aromatic heterocycles. The predicted molar refractivity (Wildman–Crippen MR) is 21.0 cm³/mol. The van der Waals surface area contributed by atoms with Gasteiger partial charge in [-0.3, -0.25) is 0 Å². The topological polar surface area (TPSA) is 95.2 Å². The minimum absolute atomic E-state index is 0. The van der Waals surface area contributed by atoms with Crippen molar-refractivity contribution in [1.82, 2.24) is 0 Å². The predicted octanol–water partition coefficient (Wildman–Crippen LogP) is -2.50. The number of hydrogen-bond donors (Lipinski definition) is 0. The Hall–Kier alpha value is 0.259. The van der Waals surface area contributed by atoms with E-state index in [1.54, 1.807) is 0 Å². The zero-order chi connectivity index (χ0) is 8.00. The average molecular weight is 251 g/mol. The average Bonchev–Trinajstić information content (AvgIpc) is 2.03. The molecule has 0 aliphatic heterocycles. The minimum atomic E-state index is 0. The van der Waals surface area contributed by atoms with Gasteiger partial charge >= 0.3 is 51.4 Å². The number of rotatable bonds is 0. The maximum absolute atomic E-state index is 6.25. The molecule has 0 aromatic carbocycles. The fraction of sp³-hybridized carbons (Fsp3) is 0. The molecule has 0 spiro atoms. The summed E-state index contributed by atoms with van der Waals surface area (Å²) < 4.78 is 0. The van der Waals surface area contributed by atoms with Gasteiger partial charge in [-0.2, -0.15) is 0 Å². The molecule has 0 unspecified atom stereocenters. The first-order valence-corrected chi connectivity index (χ1v) is 0.894. The molecular formula is C4HKN4Pd-4. The molecule has 6 heteroatoms. The summed E-state index contributed by atoms with van der Waals surface area (Å²) in [5.74, 6) is 0. The van der Waals surface area contributed by atoms with E-state index >= 15 is 0 Å². The maximum atomic E-state index is 6.25. The van der Waals surface area contributed by atoms with Crippen LogP contribution in [0.3, 0.4) is 0 Å². The van der Waals surface area contributed by atoms with Crippen LogP contribution in [-0.2, 0) is 20.4 Å². The molecule has 4 nitrogen and oxygen atoms in total. The van der Waals surface area contributed by atoms with E-state index in [4.69, 9.17) is 47.3 Å². The van der Waals surface area contributed by atoms with Crippen LogP contribution in [0.5, 0.6) is 0 Å². The summed E-state index contributed by atoms with van der Waals surface area (Å²) in [6.45, 7) is 19.0. The van der Waals surface area contributed by atoms with Crippen molar-refractivity contribution in [2.75, 3.05) is 0 Å². The molecule has 0 aliphatic rings. The minimum Gasteiger partial charge on any atom is -1.00 e. The Morgan fingerprint density at radius 2 is 0.600 bits per heavy atom. The Morgan fingerprint density at radius 3 is 0.600 bits per heavy atom. The zero-order valence-corrected chi connectivity index (χ0v) is 9.78. The molecule has 0 rings (SSSR count). The SMILES string of the molecule is [C-]#N.[C-]#N.[C-]#N.[C-]#N.[H-].[K+].[Pd]. The van der Waals surface area contributed by atoms with Crippen LogP contribution in [0.25, 0.3) is 0 Å². The fourth-order valence-electron chi connectivity index (χ4n) is 0. The maximum Gasteiger partial charge on any atom is 1.00 e. The molecule has 0 aliphatic carbocycles. The third-order valence-electron chi connectivity index (χ3n) is 0. The fourth-order valence-corrected chi connectivity index (χ4v) is 0. The second kappa shape index (κ2) is 9440. The third-order valence-corrected chi connectivity index (χ3v) is 0. The van der Waals surface area contributed by atoms with Crippen molar-refractivity contribution >= 4 is 0 Å². The van der Waals surface area contributed by atoms with Gasteiger partial charge in [0.25, 0.3) is 0 Å². The van der Waals surface area contributed by atoms with E-state index in [1.807, 2.05) is 0 Å². The summed E-state index contributed by atoms with van der Waals surface area (Å²) >= 11 is 0. The van der Waals surface area contributed by atoms with Crippen LogP contribution in [-0.4, -0.2) is 0 Å². The van der Waals surface area contributed by atoms with Crippen molar-refractivity contribution in [2.45, 2.75) is 0 Å². The Kier molecular flexibility index (Phi) is 45800. The van der Waals surface area contributed by atoms with E-state index in [0.717, 1.165) is 0 Å². The van der Waals surface area contributed by atoms with Gasteiger partial charge < -0.3 is 48.8 Å².